The number of hydrogen-bond acceptors (Lipinski definition) is 3. The number of carbonyl (C=O) groups excluding carboxylic acids is 1. The van der Waals surface area contributed by atoms with Gasteiger partial charge in [0, 0.05) is 25.0 Å². The average molecular weight is 250 g/mol. The molecule has 0 aromatic carbocycles. The Kier molecular flexibility index (Phi) is 4.83. The molecule has 0 aliphatic rings. The fraction of sp³-hybridized carbons (Fsp3) is 0.462. The van der Waals surface area contributed by atoms with Gasteiger partial charge in [0.05, 0.1) is 0 Å². The third-order valence-corrected chi connectivity index (χ3v) is 2.72. The predicted octanol–water partition coefficient (Wildman–Crippen LogP) is 1.54. The lowest BCUT2D eigenvalue weighted by molar-refractivity contribution is -0.151. The van der Waals surface area contributed by atoms with Crippen LogP contribution >= 0.6 is 0 Å². The Balaban J connectivity index is 2.84. The second-order valence-electron chi connectivity index (χ2n) is 4.48. The van der Waals surface area contributed by atoms with Crippen LogP contribution in [-0.2, 0) is 16.1 Å². The summed E-state index contributed by atoms with van der Waals surface area (Å²) in [6.45, 7) is 5.51. The van der Waals surface area contributed by atoms with E-state index >= 15 is 0 Å². The summed E-state index contributed by atoms with van der Waals surface area (Å²) in [6.07, 6.45) is 3.33. The number of aliphatic carboxylic acids is 1. The van der Waals surface area contributed by atoms with Crippen LogP contribution in [0.2, 0.25) is 0 Å². The number of carbonyl (C=O) groups is 2. The molecule has 1 unspecified atom stereocenters. The molecule has 5 nitrogen and oxygen atoms in total. The lowest BCUT2D eigenvalue weighted by Crippen LogP contribution is -2.41. The zero-order chi connectivity index (χ0) is 13.7. The molecule has 1 heterocycles. The number of carboxylic acids is 1. The van der Waals surface area contributed by atoms with Crippen molar-refractivity contribution >= 4 is 11.9 Å². The van der Waals surface area contributed by atoms with Gasteiger partial charge in [-0.25, -0.2) is 0 Å². The van der Waals surface area contributed by atoms with E-state index in [0.717, 1.165) is 5.56 Å². The fourth-order valence-corrected chi connectivity index (χ4v) is 1.56. The smallest absolute Gasteiger partial charge is 0.315 e. The van der Waals surface area contributed by atoms with E-state index in [1.54, 1.807) is 23.4 Å². The Bertz CT molecular complexity index is 418. The highest BCUT2D eigenvalue weighted by atomic mass is 16.4. The highest BCUT2D eigenvalue weighted by molar-refractivity contribution is 5.96. The number of aromatic nitrogens is 1. The molecule has 1 rings (SSSR count). The summed E-state index contributed by atoms with van der Waals surface area (Å²) in [7, 11) is 0. The van der Waals surface area contributed by atoms with Crippen molar-refractivity contribution in [2.45, 2.75) is 33.4 Å². The van der Waals surface area contributed by atoms with E-state index in [9.17, 15) is 9.59 Å². The van der Waals surface area contributed by atoms with Gasteiger partial charge in [0.2, 0.25) is 5.91 Å². The van der Waals surface area contributed by atoms with Gasteiger partial charge in [0.15, 0.2) is 0 Å². The van der Waals surface area contributed by atoms with Crippen LogP contribution in [0.3, 0.4) is 0 Å². The molecule has 0 saturated heterocycles. The molecule has 1 aromatic heterocycles. The quantitative estimate of drug-likeness (QED) is 0.805. The van der Waals surface area contributed by atoms with E-state index in [2.05, 4.69) is 4.98 Å². The molecular weight excluding hydrogens is 232 g/mol. The van der Waals surface area contributed by atoms with Crippen molar-refractivity contribution in [1.82, 2.24) is 9.88 Å². The molecule has 0 aliphatic heterocycles. The Morgan fingerprint density at radius 2 is 2.06 bits per heavy atom. The zero-order valence-corrected chi connectivity index (χ0v) is 10.8. The van der Waals surface area contributed by atoms with Gasteiger partial charge in [0.25, 0.3) is 0 Å². The minimum absolute atomic E-state index is 0.0560. The molecule has 0 bridgehead atoms. The Morgan fingerprint density at radius 3 is 2.50 bits per heavy atom. The molecule has 1 aromatic rings. The van der Waals surface area contributed by atoms with Gasteiger partial charge in [-0.2, -0.15) is 0 Å². The predicted molar refractivity (Wildman–Crippen MR) is 66.7 cm³/mol. The van der Waals surface area contributed by atoms with E-state index in [4.69, 9.17) is 5.11 Å². The Labute approximate surface area is 106 Å². The minimum Gasteiger partial charge on any atom is -0.481 e. The van der Waals surface area contributed by atoms with Crippen LogP contribution in [0.5, 0.6) is 0 Å². The lowest BCUT2D eigenvalue weighted by atomic mass is 10.1. The van der Waals surface area contributed by atoms with E-state index in [1.165, 1.54) is 6.92 Å². The fourth-order valence-electron chi connectivity index (χ4n) is 1.56. The first kappa shape index (κ1) is 14.2. The van der Waals surface area contributed by atoms with Gasteiger partial charge in [-0.3, -0.25) is 14.6 Å². The largest absolute Gasteiger partial charge is 0.481 e. The standard InChI is InChI=1S/C13H18N2O3/c1-9(2)15(12(16)10(3)13(17)18)8-11-5-4-6-14-7-11/h4-7,9-10H,8H2,1-3H3,(H,17,18). The van der Waals surface area contributed by atoms with Crippen LogP contribution in [0, 0.1) is 5.92 Å². The van der Waals surface area contributed by atoms with Gasteiger partial charge in [-0.15, -0.1) is 0 Å². The lowest BCUT2D eigenvalue weighted by Gasteiger charge is -2.28. The number of amides is 1. The number of rotatable bonds is 5. The number of nitrogens with zero attached hydrogens (tertiary/aromatic N) is 2. The topological polar surface area (TPSA) is 70.5 Å². The maximum Gasteiger partial charge on any atom is 0.315 e. The maximum absolute atomic E-state index is 12.1. The molecule has 1 atom stereocenters. The van der Waals surface area contributed by atoms with Crippen LogP contribution < -0.4 is 0 Å². The summed E-state index contributed by atoms with van der Waals surface area (Å²) in [5, 5.41) is 8.89. The van der Waals surface area contributed by atoms with E-state index < -0.39 is 11.9 Å². The first-order valence-electron chi connectivity index (χ1n) is 5.85. The summed E-state index contributed by atoms with van der Waals surface area (Å²) in [5.41, 5.74) is 0.886. The number of pyridine rings is 1. The zero-order valence-electron chi connectivity index (χ0n) is 10.8. The van der Waals surface area contributed by atoms with Crippen LogP contribution in [-0.4, -0.2) is 32.9 Å². The molecule has 0 radical (unpaired) electrons. The van der Waals surface area contributed by atoms with Gasteiger partial charge >= 0.3 is 5.97 Å². The minimum atomic E-state index is -1.10. The summed E-state index contributed by atoms with van der Waals surface area (Å²) in [6, 6.07) is 3.60. The van der Waals surface area contributed by atoms with Gasteiger partial charge in [-0.05, 0) is 32.4 Å². The van der Waals surface area contributed by atoms with Crippen LogP contribution in [0.25, 0.3) is 0 Å². The van der Waals surface area contributed by atoms with Crippen molar-refractivity contribution in [1.29, 1.82) is 0 Å². The molecule has 1 amide bonds. The molecule has 0 fully saturated rings. The third kappa shape index (κ3) is 3.55. The Hall–Kier alpha value is -1.91. The number of carboxylic acid groups (broad SMARTS) is 1. The van der Waals surface area contributed by atoms with Crippen LogP contribution in [0.4, 0.5) is 0 Å². The molecule has 0 saturated carbocycles. The first-order valence-corrected chi connectivity index (χ1v) is 5.85. The summed E-state index contributed by atoms with van der Waals surface area (Å²) in [5.74, 6) is -2.50. The number of hydrogen-bond donors (Lipinski definition) is 1. The average Bonchev–Trinajstić information content (AvgIpc) is 2.35. The van der Waals surface area contributed by atoms with Gasteiger partial charge < -0.3 is 10.0 Å². The normalized spacial score (nSPS) is 12.2. The molecule has 0 spiro atoms. The summed E-state index contributed by atoms with van der Waals surface area (Å²) >= 11 is 0. The van der Waals surface area contributed by atoms with Crippen molar-refractivity contribution in [2.75, 3.05) is 0 Å². The second kappa shape index (κ2) is 6.14. The highest BCUT2D eigenvalue weighted by Crippen LogP contribution is 2.12. The van der Waals surface area contributed by atoms with Crippen molar-refractivity contribution in [3.63, 3.8) is 0 Å². The molecule has 18 heavy (non-hydrogen) atoms. The van der Waals surface area contributed by atoms with E-state index in [1.807, 2.05) is 19.9 Å². The molecule has 98 valence electrons. The molecule has 5 heteroatoms. The van der Waals surface area contributed by atoms with E-state index in [-0.39, 0.29) is 11.9 Å². The molecule has 1 N–H and O–H groups in total. The van der Waals surface area contributed by atoms with Crippen molar-refractivity contribution in [2.24, 2.45) is 5.92 Å². The summed E-state index contributed by atoms with van der Waals surface area (Å²) < 4.78 is 0. The summed E-state index contributed by atoms with van der Waals surface area (Å²) in [4.78, 5) is 28.4. The van der Waals surface area contributed by atoms with Gasteiger partial charge in [0.1, 0.15) is 5.92 Å². The van der Waals surface area contributed by atoms with Crippen molar-refractivity contribution in [3.8, 4) is 0 Å². The molecule has 0 aliphatic carbocycles. The first-order chi connectivity index (χ1) is 8.43. The second-order valence-corrected chi connectivity index (χ2v) is 4.48. The van der Waals surface area contributed by atoms with E-state index in [0.29, 0.717) is 6.54 Å². The maximum atomic E-state index is 12.1. The molecular formula is C13H18N2O3. The van der Waals surface area contributed by atoms with Crippen molar-refractivity contribution < 1.29 is 14.7 Å². The van der Waals surface area contributed by atoms with Crippen LogP contribution in [0.1, 0.15) is 26.3 Å². The highest BCUT2D eigenvalue weighted by Gasteiger charge is 2.27. The third-order valence-electron chi connectivity index (χ3n) is 2.72. The van der Waals surface area contributed by atoms with Crippen LogP contribution in [0.15, 0.2) is 24.5 Å². The Morgan fingerprint density at radius 1 is 1.39 bits per heavy atom. The van der Waals surface area contributed by atoms with Crippen molar-refractivity contribution in [3.05, 3.63) is 30.1 Å². The van der Waals surface area contributed by atoms with Gasteiger partial charge in [-0.1, -0.05) is 6.07 Å². The monoisotopic (exact) mass is 250 g/mol. The SMILES string of the molecule is CC(C(=O)O)C(=O)N(Cc1cccnc1)C(C)C.